The largest absolute Gasteiger partial charge is 0.462 e. The Kier molecular flexibility index (Phi) is 6.29. The lowest BCUT2D eigenvalue weighted by Gasteiger charge is -2.06. The fourth-order valence-corrected chi connectivity index (χ4v) is 1.47. The standard InChI is InChI=1S/C15H20N2O3/c1-11(2)15(19)20-10-4-3-5-14(18)17-13-8-6-12(16)7-9-13/h6-9H,1,3-5,10,16H2,2H3,(H,17,18). The molecule has 0 radical (unpaired) electrons. The fourth-order valence-electron chi connectivity index (χ4n) is 1.47. The number of esters is 1. The first-order valence-electron chi connectivity index (χ1n) is 6.47. The molecule has 3 N–H and O–H groups in total. The molecular weight excluding hydrogens is 256 g/mol. The van der Waals surface area contributed by atoms with E-state index in [0.29, 0.717) is 37.1 Å². The van der Waals surface area contributed by atoms with Gasteiger partial charge in [-0.2, -0.15) is 0 Å². The first-order chi connectivity index (χ1) is 9.49. The molecule has 1 aromatic carbocycles. The molecule has 0 aliphatic heterocycles. The van der Waals surface area contributed by atoms with Crippen LogP contribution in [0.4, 0.5) is 11.4 Å². The third-order valence-corrected chi connectivity index (χ3v) is 2.57. The lowest BCUT2D eigenvalue weighted by Crippen LogP contribution is -2.12. The van der Waals surface area contributed by atoms with Crippen LogP contribution in [0.5, 0.6) is 0 Å². The molecule has 0 heterocycles. The zero-order valence-corrected chi connectivity index (χ0v) is 11.6. The summed E-state index contributed by atoms with van der Waals surface area (Å²) in [6.45, 7) is 5.39. The molecule has 0 spiro atoms. The summed E-state index contributed by atoms with van der Waals surface area (Å²) in [5, 5.41) is 2.77. The molecule has 108 valence electrons. The van der Waals surface area contributed by atoms with Crippen LogP contribution in [0.15, 0.2) is 36.4 Å². The summed E-state index contributed by atoms with van der Waals surface area (Å²) in [5.74, 6) is -0.461. The van der Waals surface area contributed by atoms with E-state index in [1.807, 2.05) is 0 Å². The number of rotatable bonds is 7. The van der Waals surface area contributed by atoms with Gasteiger partial charge < -0.3 is 15.8 Å². The van der Waals surface area contributed by atoms with E-state index in [4.69, 9.17) is 10.5 Å². The smallest absolute Gasteiger partial charge is 0.333 e. The van der Waals surface area contributed by atoms with Crippen molar-refractivity contribution in [2.24, 2.45) is 0 Å². The number of anilines is 2. The third kappa shape index (κ3) is 6.04. The maximum Gasteiger partial charge on any atom is 0.333 e. The number of nitrogen functional groups attached to an aromatic ring is 1. The van der Waals surface area contributed by atoms with Crippen molar-refractivity contribution in [1.29, 1.82) is 0 Å². The first-order valence-corrected chi connectivity index (χ1v) is 6.47. The molecule has 0 aliphatic carbocycles. The highest BCUT2D eigenvalue weighted by Crippen LogP contribution is 2.11. The molecule has 0 atom stereocenters. The van der Waals surface area contributed by atoms with Crippen molar-refractivity contribution in [3.8, 4) is 0 Å². The quantitative estimate of drug-likeness (QED) is 0.347. The number of unbranched alkanes of at least 4 members (excludes halogenated alkanes) is 1. The average Bonchev–Trinajstić information content (AvgIpc) is 2.40. The van der Waals surface area contributed by atoms with Crippen molar-refractivity contribution in [2.45, 2.75) is 26.2 Å². The number of hydrogen-bond acceptors (Lipinski definition) is 4. The normalized spacial score (nSPS) is 9.85. The van der Waals surface area contributed by atoms with Gasteiger partial charge in [-0.25, -0.2) is 4.79 Å². The molecule has 0 saturated heterocycles. The molecule has 1 rings (SSSR count). The minimum Gasteiger partial charge on any atom is -0.462 e. The Hall–Kier alpha value is -2.30. The fraction of sp³-hybridized carbons (Fsp3) is 0.333. The van der Waals surface area contributed by atoms with Crippen LogP contribution in [0.3, 0.4) is 0 Å². The van der Waals surface area contributed by atoms with Gasteiger partial charge in [-0.1, -0.05) is 6.58 Å². The molecule has 0 aromatic heterocycles. The Morgan fingerprint density at radius 2 is 1.90 bits per heavy atom. The summed E-state index contributed by atoms with van der Waals surface area (Å²) < 4.78 is 4.93. The monoisotopic (exact) mass is 276 g/mol. The Bertz CT molecular complexity index is 480. The lowest BCUT2D eigenvalue weighted by molar-refractivity contribution is -0.139. The Morgan fingerprint density at radius 1 is 1.25 bits per heavy atom. The Balaban J connectivity index is 2.16. The molecule has 0 aliphatic rings. The number of carbonyl (C=O) groups excluding carboxylic acids is 2. The predicted molar refractivity (Wildman–Crippen MR) is 79.1 cm³/mol. The molecule has 5 nitrogen and oxygen atoms in total. The molecule has 0 saturated carbocycles. The van der Waals surface area contributed by atoms with Crippen LogP contribution in [0, 0.1) is 0 Å². The second-order valence-corrected chi connectivity index (χ2v) is 4.54. The highest BCUT2D eigenvalue weighted by atomic mass is 16.5. The number of nitrogens with one attached hydrogen (secondary N) is 1. The van der Waals surface area contributed by atoms with Gasteiger partial charge in [-0.05, 0) is 44.0 Å². The number of amides is 1. The van der Waals surface area contributed by atoms with Crippen molar-refractivity contribution in [1.82, 2.24) is 0 Å². The second-order valence-electron chi connectivity index (χ2n) is 4.54. The van der Waals surface area contributed by atoms with E-state index in [0.717, 1.165) is 5.69 Å². The summed E-state index contributed by atoms with van der Waals surface area (Å²) in [6, 6.07) is 6.96. The van der Waals surface area contributed by atoms with E-state index in [2.05, 4.69) is 11.9 Å². The van der Waals surface area contributed by atoms with Crippen LogP contribution < -0.4 is 11.1 Å². The van der Waals surface area contributed by atoms with E-state index in [1.165, 1.54) is 0 Å². The molecule has 0 fully saturated rings. The average molecular weight is 276 g/mol. The van der Waals surface area contributed by atoms with Crippen LogP contribution in [0.25, 0.3) is 0 Å². The third-order valence-electron chi connectivity index (χ3n) is 2.57. The van der Waals surface area contributed by atoms with Crippen molar-refractivity contribution < 1.29 is 14.3 Å². The maximum absolute atomic E-state index is 11.6. The molecule has 5 heteroatoms. The first kappa shape index (κ1) is 15.8. The zero-order chi connectivity index (χ0) is 15.0. The van der Waals surface area contributed by atoms with E-state index >= 15 is 0 Å². The number of benzene rings is 1. The van der Waals surface area contributed by atoms with Gasteiger partial charge in [0.1, 0.15) is 0 Å². The summed E-state index contributed by atoms with van der Waals surface area (Å²) >= 11 is 0. The van der Waals surface area contributed by atoms with E-state index in [-0.39, 0.29) is 5.91 Å². The van der Waals surface area contributed by atoms with Crippen LogP contribution >= 0.6 is 0 Å². The molecule has 1 aromatic rings. The van der Waals surface area contributed by atoms with Gasteiger partial charge in [0.15, 0.2) is 0 Å². The van der Waals surface area contributed by atoms with E-state index < -0.39 is 5.97 Å². The number of hydrogen-bond donors (Lipinski definition) is 2. The number of nitrogens with two attached hydrogens (primary N) is 1. The van der Waals surface area contributed by atoms with Crippen LogP contribution in [-0.4, -0.2) is 18.5 Å². The minimum atomic E-state index is -0.392. The molecular formula is C15H20N2O3. The van der Waals surface area contributed by atoms with Crippen molar-refractivity contribution in [2.75, 3.05) is 17.7 Å². The Morgan fingerprint density at radius 3 is 2.50 bits per heavy atom. The molecule has 1 amide bonds. The van der Waals surface area contributed by atoms with Crippen molar-refractivity contribution in [3.05, 3.63) is 36.4 Å². The molecule has 0 bridgehead atoms. The topological polar surface area (TPSA) is 81.4 Å². The number of carbonyl (C=O) groups is 2. The van der Waals surface area contributed by atoms with Gasteiger partial charge >= 0.3 is 5.97 Å². The Labute approximate surface area is 118 Å². The minimum absolute atomic E-state index is 0.0685. The van der Waals surface area contributed by atoms with Crippen LogP contribution in [0.2, 0.25) is 0 Å². The van der Waals surface area contributed by atoms with Gasteiger partial charge in [-0.3, -0.25) is 4.79 Å². The van der Waals surface area contributed by atoms with E-state index in [1.54, 1.807) is 31.2 Å². The second kappa shape index (κ2) is 7.99. The lowest BCUT2D eigenvalue weighted by atomic mass is 10.2. The van der Waals surface area contributed by atoms with Crippen LogP contribution in [0.1, 0.15) is 26.2 Å². The van der Waals surface area contributed by atoms with E-state index in [9.17, 15) is 9.59 Å². The predicted octanol–water partition coefficient (Wildman–Crippen LogP) is 2.50. The SMILES string of the molecule is C=C(C)C(=O)OCCCCC(=O)Nc1ccc(N)cc1. The highest BCUT2D eigenvalue weighted by molar-refractivity contribution is 5.90. The zero-order valence-electron chi connectivity index (χ0n) is 11.6. The summed E-state index contributed by atoms with van der Waals surface area (Å²) in [7, 11) is 0. The highest BCUT2D eigenvalue weighted by Gasteiger charge is 2.04. The van der Waals surface area contributed by atoms with Crippen LogP contribution in [-0.2, 0) is 14.3 Å². The van der Waals surface area contributed by atoms with Gasteiger partial charge in [-0.15, -0.1) is 0 Å². The summed E-state index contributed by atoms with van der Waals surface area (Å²) in [5.41, 5.74) is 7.31. The van der Waals surface area contributed by atoms with Gasteiger partial charge in [0.05, 0.1) is 6.61 Å². The van der Waals surface area contributed by atoms with Crippen molar-refractivity contribution >= 4 is 23.3 Å². The van der Waals surface area contributed by atoms with Gasteiger partial charge in [0.25, 0.3) is 0 Å². The maximum atomic E-state index is 11.6. The molecule has 0 unspecified atom stereocenters. The van der Waals surface area contributed by atoms with Gasteiger partial charge in [0.2, 0.25) is 5.91 Å². The van der Waals surface area contributed by atoms with Gasteiger partial charge in [0, 0.05) is 23.4 Å². The summed E-state index contributed by atoms with van der Waals surface area (Å²) in [4.78, 5) is 22.7. The number of ether oxygens (including phenoxy) is 1. The van der Waals surface area contributed by atoms with Crippen molar-refractivity contribution in [3.63, 3.8) is 0 Å². The summed E-state index contributed by atoms with van der Waals surface area (Å²) in [6.07, 6.45) is 1.69. The molecule has 20 heavy (non-hydrogen) atoms.